The topological polar surface area (TPSA) is 28.6 Å². The zero-order valence-electron chi connectivity index (χ0n) is 13.5. The number of nitrogens with zero attached hydrogens (tertiary/aromatic N) is 3. The predicted octanol–water partition coefficient (Wildman–Crippen LogP) is 2.95. The van der Waals surface area contributed by atoms with Crippen LogP contribution in [0.2, 0.25) is 0 Å². The van der Waals surface area contributed by atoms with Crippen molar-refractivity contribution in [2.24, 2.45) is 0 Å². The lowest BCUT2D eigenvalue weighted by Crippen LogP contribution is -2.49. The molecule has 0 bridgehead atoms. The number of rotatable bonds is 4. The smallest absolute Gasteiger partial charge is 0.129 e. The Kier molecular flexibility index (Phi) is 4.76. The van der Waals surface area contributed by atoms with E-state index in [1.54, 1.807) is 18.4 Å². The summed E-state index contributed by atoms with van der Waals surface area (Å²) in [6.45, 7) is 6.60. The summed E-state index contributed by atoms with van der Waals surface area (Å²) in [6, 6.07) is 8.65. The highest BCUT2D eigenvalue weighted by molar-refractivity contribution is 7.13. The second kappa shape index (κ2) is 6.77. The van der Waals surface area contributed by atoms with Gasteiger partial charge in [-0.1, -0.05) is 12.1 Å². The zero-order valence-corrected chi connectivity index (χ0v) is 14.3. The molecule has 0 N–H and O–H groups in total. The summed E-state index contributed by atoms with van der Waals surface area (Å²) < 4.78 is 5.44. The average molecular weight is 317 g/mol. The van der Waals surface area contributed by atoms with Crippen LogP contribution in [0.1, 0.15) is 12.6 Å². The number of likely N-dealkylation sites (N-methyl/N-ethyl adjacent to an activating group) is 1. The minimum absolute atomic E-state index is 0.579. The molecule has 22 heavy (non-hydrogen) atoms. The summed E-state index contributed by atoms with van der Waals surface area (Å²) in [6.07, 6.45) is 0. The van der Waals surface area contributed by atoms with Crippen LogP contribution in [0.15, 0.2) is 29.6 Å². The van der Waals surface area contributed by atoms with Crippen LogP contribution in [0.4, 0.5) is 0 Å². The molecule has 1 saturated heterocycles. The van der Waals surface area contributed by atoms with Crippen LogP contribution in [0.5, 0.6) is 5.75 Å². The average Bonchev–Trinajstić information content (AvgIpc) is 2.98. The third-order valence-electron chi connectivity index (χ3n) is 4.22. The highest BCUT2D eigenvalue weighted by atomic mass is 32.1. The summed E-state index contributed by atoms with van der Waals surface area (Å²) in [4.78, 5) is 9.73. The fraction of sp³-hybridized carbons (Fsp3) is 0.471. The van der Waals surface area contributed by atoms with Gasteiger partial charge in [0, 0.05) is 37.6 Å². The van der Waals surface area contributed by atoms with E-state index in [9.17, 15) is 0 Å². The van der Waals surface area contributed by atoms with E-state index < -0.39 is 0 Å². The molecule has 5 heteroatoms. The first-order valence-electron chi connectivity index (χ1n) is 7.67. The Balaban J connectivity index is 1.74. The lowest BCUT2D eigenvalue weighted by atomic mass is 10.2. The third-order valence-corrected chi connectivity index (χ3v) is 5.15. The van der Waals surface area contributed by atoms with Crippen molar-refractivity contribution in [2.75, 3.05) is 33.8 Å². The van der Waals surface area contributed by atoms with E-state index in [0.717, 1.165) is 48.2 Å². The fourth-order valence-electron chi connectivity index (χ4n) is 2.94. The Morgan fingerprint density at radius 2 is 2.14 bits per heavy atom. The summed E-state index contributed by atoms with van der Waals surface area (Å²) >= 11 is 1.69. The van der Waals surface area contributed by atoms with E-state index in [2.05, 4.69) is 35.2 Å². The molecule has 0 amide bonds. The summed E-state index contributed by atoms with van der Waals surface area (Å²) in [5.41, 5.74) is 2.23. The van der Waals surface area contributed by atoms with E-state index in [1.807, 2.05) is 18.2 Å². The maximum atomic E-state index is 5.44. The van der Waals surface area contributed by atoms with Crippen molar-refractivity contribution in [3.63, 3.8) is 0 Å². The third kappa shape index (κ3) is 3.32. The molecular formula is C17H23N3OS. The monoisotopic (exact) mass is 317 g/mol. The van der Waals surface area contributed by atoms with Gasteiger partial charge < -0.3 is 9.64 Å². The molecule has 0 aliphatic carbocycles. The number of methoxy groups -OCH3 is 1. The largest absolute Gasteiger partial charge is 0.496 e. The molecule has 1 aromatic heterocycles. The lowest BCUT2D eigenvalue weighted by Gasteiger charge is -2.37. The van der Waals surface area contributed by atoms with Crippen LogP contribution in [0.3, 0.4) is 0 Å². The molecule has 1 aliphatic heterocycles. The minimum Gasteiger partial charge on any atom is -0.496 e. The molecule has 2 heterocycles. The van der Waals surface area contributed by atoms with Crippen molar-refractivity contribution in [1.82, 2.24) is 14.8 Å². The van der Waals surface area contributed by atoms with Gasteiger partial charge in [0.05, 0.1) is 18.4 Å². The molecule has 1 aromatic carbocycles. The maximum Gasteiger partial charge on any atom is 0.129 e. The standard InChI is InChI=1S/C17H23N3OS/c1-13-10-19(2)8-9-20(13)11-14-12-22-17(18-14)15-6-4-5-7-16(15)21-3/h4-7,12-13H,8-11H2,1-3H3. The van der Waals surface area contributed by atoms with Crippen LogP contribution in [-0.4, -0.2) is 54.6 Å². The first-order chi connectivity index (χ1) is 10.7. The Labute approximate surface area is 136 Å². The second-order valence-electron chi connectivity index (χ2n) is 5.93. The number of benzene rings is 1. The summed E-state index contributed by atoms with van der Waals surface area (Å²) in [5, 5.41) is 3.21. The number of para-hydroxylation sites is 1. The highest BCUT2D eigenvalue weighted by Gasteiger charge is 2.22. The highest BCUT2D eigenvalue weighted by Crippen LogP contribution is 2.32. The van der Waals surface area contributed by atoms with Crippen LogP contribution >= 0.6 is 11.3 Å². The van der Waals surface area contributed by atoms with Gasteiger partial charge in [0.15, 0.2) is 0 Å². The van der Waals surface area contributed by atoms with Gasteiger partial charge in [-0.2, -0.15) is 0 Å². The van der Waals surface area contributed by atoms with Crippen molar-refractivity contribution in [3.8, 4) is 16.3 Å². The number of hydrogen-bond donors (Lipinski definition) is 0. The van der Waals surface area contributed by atoms with Gasteiger partial charge in [-0.15, -0.1) is 11.3 Å². The maximum absolute atomic E-state index is 5.44. The summed E-state index contributed by atoms with van der Waals surface area (Å²) in [7, 11) is 3.90. The minimum atomic E-state index is 0.579. The molecule has 0 radical (unpaired) electrons. The molecule has 1 unspecified atom stereocenters. The van der Waals surface area contributed by atoms with Crippen molar-refractivity contribution in [1.29, 1.82) is 0 Å². The van der Waals surface area contributed by atoms with Crippen LogP contribution in [-0.2, 0) is 6.54 Å². The molecule has 0 saturated carbocycles. The molecule has 0 spiro atoms. The molecule has 4 nitrogen and oxygen atoms in total. The lowest BCUT2D eigenvalue weighted by molar-refractivity contribution is 0.0929. The van der Waals surface area contributed by atoms with Gasteiger partial charge in [-0.3, -0.25) is 4.90 Å². The van der Waals surface area contributed by atoms with E-state index in [4.69, 9.17) is 9.72 Å². The molecule has 1 aliphatic rings. The normalized spacial score (nSPS) is 20.2. The van der Waals surface area contributed by atoms with Crippen LogP contribution in [0, 0.1) is 0 Å². The Morgan fingerprint density at radius 1 is 1.32 bits per heavy atom. The van der Waals surface area contributed by atoms with Gasteiger partial charge in [0.1, 0.15) is 10.8 Å². The number of piperazine rings is 1. The molecule has 1 atom stereocenters. The quantitative estimate of drug-likeness (QED) is 0.867. The van der Waals surface area contributed by atoms with E-state index >= 15 is 0 Å². The van der Waals surface area contributed by atoms with Crippen LogP contribution in [0.25, 0.3) is 10.6 Å². The molecule has 1 fully saturated rings. The Morgan fingerprint density at radius 3 is 2.91 bits per heavy atom. The Bertz CT molecular complexity index is 628. The van der Waals surface area contributed by atoms with E-state index in [0.29, 0.717) is 6.04 Å². The van der Waals surface area contributed by atoms with Crippen molar-refractivity contribution in [3.05, 3.63) is 35.3 Å². The number of aromatic nitrogens is 1. The van der Waals surface area contributed by atoms with Gasteiger partial charge in [-0.25, -0.2) is 4.98 Å². The zero-order chi connectivity index (χ0) is 15.5. The molecule has 2 aromatic rings. The fourth-order valence-corrected chi connectivity index (χ4v) is 3.79. The first kappa shape index (κ1) is 15.5. The van der Waals surface area contributed by atoms with E-state index in [-0.39, 0.29) is 0 Å². The summed E-state index contributed by atoms with van der Waals surface area (Å²) in [5.74, 6) is 0.886. The van der Waals surface area contributed by atoms with Crippen molar-refractivity contribution >= 4 is 11.3 Å². The van der Waals surface area contributed by atoms with Crippen molar-refractivity contribution in [2.45, 2.75) is 19.5 Å². The first-order valence-corrected chi connectivity index (χ1v) is 8.55. The Hall–Kier alpha value is -1.43. The predicted molar refractivity (Wildman–Crippen MR) is 91.5 cm³/mol. The van der Waals surface area contributed by atoms with Gasteiger partial charge in [0.25, 0.3) is 0 Å². The molecule has 118 valence electrons. The SMILES string of the molecule is COc1ccccc1-c1nc(CN2CCN(C)CC2C)cs1. The van der Waals surface area contributed by atoms with Gasteiger partial charge >= 0.3 is 0 Å². The second-order valence-corrected chi connectivity index (χ2v) is 6.78. The van der Waals surface area contributed by atoms with Crippen LogP contribution < -0.4 is 4.74 Å². The van der Waals surface area contributed by atoms with E-state index in [1.165, 1.54) is 0 Å². The van der Waals surface area contributed by atoms with Gasteiger partial charge in [-0.05, 0) is 26.1 Å². The molecular weight excluding hydrogens is 294 g/mol. The van der Waals surface area contributed by atoms with Crippen molar-refractivity contribution < 1.29 is 4.74 Å². The molecule has 3 rings (SSSR count). The number of hydrogen-bond acceptors (Lipinski definition) is 5. The number of thiazole rings is 1. The van der Waals surface area contributed by atoms with Gasteiger partial charge in [0.2, 0.25) is 0 Å². The number of ether oxygens (including phenoxy) is 1.